The fourth-order valence-corrected chi connectivity index (χ4v) is 5.34. The van der Waals surface area contributed by atoms with Gasteiger partial charge in [-0.2, -0.15) is 0 Å². The van der Waals surface area contributed by atoms with E-state index in [2.05, 4.69) is 5.32 Å². The summed E-state index contributed by atoms with van der Waals surface area (Å²) in [5, 5.41) is 2.98. The molecule has 3 aromatic carbocycles. The van der Waals surface area contributed by atoms with Crippen LogP contribution >= 0.6 is 11.6 Å². The summed E-state index contributed by atoms with van der Waals surface area (Å²) in [7, 11) is -2.62. The minimum atomic E-state index is -4.12. The summed E-state index contributed by atoms with van der Waals surface area (Å²) in [5.41, 5.74) is 3.02. The highest BCUT2D eigenvalue weighted by molar-refractivity contribution is 7.92. The monoisotopic (exact) mass is 527 g/mol. The van der Waals surface area contributed by atoms with Crippen molar-refractivity contribution in [3.05, 3.63) is 94.5 Å². The zero-order chi connectivity index (χ0) is 26.5. The van der Waals surface area contributed by atoms with Gasteiger partial charge >= 0.3 is 0 Å². The number of rotatable bonds is 9. The molecule has 0 aliphatic heterocycles. The number of carbonyl (C=O) groups excluding carboxylic acids is 2. The molecule has 0 aromatic heterocycles. The van der Waals surface area contributed by atoms with E-state index in [0.717, 1.165) is 21.0 Å². The molecule has 190 valence electrons. The highest BCUT2D eigenvalue weighted by Crippen LogP contribution is 2.26. The van der Waals surface area contributed by atoms with Crippen LogP contribution in [0.1, 0.15) is 23.6 Å². The van der Waals surface area contributed by atoms with Gasteiger partial charge < -0.3 is 10.2 Å². The van der Waals surface area contributed by atoms with E-state index in [-0.39, 0.29) is 17.3 Å². The van der Waals surface area contributed by atoms with Gasteiger partial charge in [-0.05, 0) is 73.9 Å². The maximum absolute atomic E-state index is 13.7. The third-order valence-corrected chi connectivity index (χ3v) is 8.03. The summed E-state index contributed by atoms with van der Waals surface area (Å²) in [6.07, 6.45) is 0. The van der Waals surface area contributed by atoms with Gasteiger partial charge in [0.25, 0.3) is 10.0 Å². The fourth-order valence-electron chi connectivity index (χ4n) is 3.81. The topological polar surface area (TPSA) is 86.8 Å². The molecule has 3 rings (SSSR count). The van der Waals surface area contributed by atoms with Crippen molar-refractivity contribution in [2.45, 2.75) is 38.3 Å². The molecule has 2 amide bonds. The van der Waals surface area contributed by atoms with E-state index in [1.165, 1.54) is 36.2 Å². The number of nitrogens with zero attached hydrogens (tertiary/aromatic N) is 2. The molecule has 0 unspecified atom stereocenters. The highest BCUT2D eigenvalue weighted by Gasteiger charge is 2.32. The van der Waals surface area contributed by atoms with E-state index in [4.69, 9.17) is 11.6 Å². The van der Waals surface area contributed by atoms with Crippen molar-refractivity contribution in [3.63, 3.8) is 0 Å². The Balaban J connectivity index is 2.05. The first kappa shape index (κ1) is 27.2. The molecular formula is C27H30ClN3O4S. The van der Waals surface area contributed by atoms with Crippen LogP contribution in [0.3, 0.4) is 0 Å². The lowest BCUT2D eigenvalue weighted by atomic mass is 10.1. The van der Waals surface area contributed by atoms with Crippen molar-refractivity contribution in [2.24, 2.45) is 0 Å². The number of hydrogen-bond acceptors (Lipinski definition) is 4. The average Bonchev–Trinajstić information content (AvgIpc) is 2.85. The molecular weight excluding hydrogens is 498 g/mol. The van der Waals surface area contributed by atoms with Crippen molar-refractivity contribution < 1.29 is 18.0 Å². The smallest absolute Gasteiger partial charge is 0.264 e. The zero-order valence-electron chi connectivity index (χ0n) is 20.7. The van der Waals surface area contributed by atoms with Gasteiger partial charge in [0.2, 0.25) is 11.8 Å². The molecule has 0 radical (unpaired) electrons. The Labute approximate surface area is 217 Å². The van der Waals surface area contributed by atoms with Crippen LogP contribution in [0.4, 0.5) is 5.69 Å². The van der Waals surface area contributed by atoms with Crippen molar-refractivity contribution in [1.29, 1.82) is 0 Å². The molecule has 0 heterocycles. The van der Waals surface area contributed by atoms with Crippen LogP contribution in [-0.2, 0) is 26.2 Å². The first-order chi connectivity index (χ1) is 17.0. The summed E-state index contributed by atoms with van der Waals surface area (Å²) in [4.78, 5) is 27.7. The second-order valence-electron chi connectivity index (χ2n) is 8.54. The van der Waals surface area contributed by atoms with Crippen LogP contribution in [0.15, 0.2) is 77.7 Å². The third-order valence-electron chi connectivity index (χ3n) is 5.99. The van der Waals surface area contributed by atoms with Crippen molar-refractivity contribution in [1.82, 2.24) is 10.2 Å². The number of nitrogens with one attached hydrogen (secondary N) is 1. The van der Waals surface area contributed by atoms with Gasteiger partial charge in [0.15, 0.2) is 0 Å². The number of sulfonamides is 1. The van der Waals surface area contributed by atoms with Crippen molar-refractivity contribution in [3.8, 4) is 0 Å². The first-order valence-corrected chi connectivity index (χ1v) is 13.3. The Bertz CT molecular complexity index is 1340. The average molecular weight is 528 g/mol. The molecule has 0 bridgehead atoms. The number of carbonyl (C=O) groups is 2. The van der Waals surface area contributed by atoms with Crippen LogP contribution in [0.5, 0.6) is 0 Å². The van der Waals surface area contributed by atoms with Gasteiger partial charge in [0.05, 0.1) is 10.6 Å². The number of benzene rings is 3. The minimum absolute atomic E-state index is 0.00556. The SMILES string of the molecule is CNC(=O)[C@H](C)N(Cc1ccccc1C)C(=O)CN(c1cccc(C)c1)S(=O)(=O)c1ccc(Cl)cc1. The van der Waals surface area contributed by atoms with Crippen LogP contribution < -0.4 is 9.62 Å². The van der Waals surface area contributed by atoms with E-state index in [1.807, 2.05) is 44.2 Å². The minimum Gasteiger partial charge on any atom is -0.357 e. The van der Waals surface area contributed by atoms with Gasteiger partial charge in [0, 0.05) is 18.6 Å². The molecule has 0 spiro atoms. The lowest BCUT2D eigenvalue weighted by Gasteiger charge is -2.32. The Kier molecular flexibility index (Phi) is 8.76. The second-order valence-corrected chi connectivity index (χ2v) is 10.8. The molecule has 0 fully saturated rings. The van der Waals surface area contributed by atoms with E-state index in [0.29, 0.717) is 10.7 Å². The third kappa shape index (κ3) is 6.25. The van der Waals surface area contributed by atoms with Crippen LogP contribution in [0.25, 0.3) is 0 Å². The van der Waals surface area contributed by atoms with E-state index >= 15 is 0 Å². The Morgan fingerprint density at radius 3 is 2.25 bits per heavy atom. The highest BCUT2D eigenvalue weighted by atomic mass is 35.5. The Hall–Kier alpha value is -3.36. The van der Waals surface area contributed by atoms with Gasteiger partial charge in [-0.25, -0.2) is 8.42 Å². The van der Waals surface area contributed by atoms with Crippen LogP contribution in [0.2, 0.25) is 5.02 Å². The Morgan fingerprint density at radius 1 is 0.972 bits per heavy atom. The summed E-state index contributed by atoms with van der Waals surface area (Å²) in [5.74, 6) is -0.854. The largest absolute Gasteiger partial charge is 0.357 e. The van der Waals surface area contributed by atoms with Gasteiger partial charge in [0.1, 0.15) is 12.6 Å². The molecule has 1 N–H and O–H groups in total. The summed E-state index contributed by atoms with van der Waals surface area (Å²) >= 11 is 5.97. The zero-order valence-corrected chi connectivity index (χ0v) is 22.3. The normalized spacial score (nSPS) is 12.0. The molecule has 0 aliphatic carbocycles. The molecule has 7 nitrogen and oxygen atoms in total. The second kappa shape index (κ2) is 11.6. The maximum Gasteiger partial charge on any atom is 0.264 e. The predicted molar refractivity (Wildman–Crippen MR) is 142 cm³/mol. The van der Waals surface area contributed by atoms with Gasteiger partial charge in [-0.3, -0.25) is 13.9 Å². The number of likely N-dealkylation sites (N-methyl/N-ethyl adjacent to an activating group) is 1. The quantitative estimate of drug-likeness (QED) is 0.449. The number of hydrogen-bond donors (Lipinski definition) is 1. The van der Waals surface area contributed by atoms with E-state index in [9.17, 15) is 18.0 Å². The van der Waals surface area contributed by atoms with Crippen molar-refractivity contribution >= 4 is 39.1 Å². The molecule has 3 aromatic rings. The predicted octanol–water partition coefficient (Wildman–Crippen LogP) is 4.32. The van der Waals surface area contributed by atoms with Crippen LogP contribution in [0, 0.1) is 13.8 Å². The summed E-state index contributed by atoms with van der Waals surface area (Å²) < 4.78 is 28.5. The molecule has 0 saturated heterocycles. The molecule has 9 heteroatoms. The molecule has 36 heavy (non-hydrogen) atoms. The van der Waals surface area contributed by atoms with Gasteiger partial charge in [-0.15, -0.1) is 0 Å². The summed E-state index contributed by atoms with van der Waals surface area (Å²) in [6, 6.07) is 19.5. The lowest BCUT2D eigenvalue weighted by molar-refractivity contribution is -0.139. The molecule has 0 aliphatic rings. The number of amides is 2. The standard InChI is InChI=1S/C27H30ClN3O4S/c1-19-8-7-11-24(16-19)31(36(34,35)25-14-12-23(28)13-15-25)18-26(32)30(21(3)27(33)29-4)17-22-10-6-5-9-20(22)2/h5-16,21H,17-18H2,1-4H3,(H,29,33)/t21-/m0/s1. The summed E-state index contributed by atoms with van der Waals surface area (Å²) in [6.45, 7) is 5.06. The molecule has 0 saturated carbocycles. The maximum atomic E-state index is 13.7. The van der Waals surface area contributed by atoms with Crippen LogP contribution in [-0.4, -0.2) is 44.8 Å². The number of anilines is 1. The number of halogens is 1. The fraction of sp³-hybridized carbons (Fsp3) is 0.259. The van der Waals surface area contributed by atoms with E-state index < -0.39 is 28.5 Å². The van der Waals surface area contributed by atoms with E-state index in [1.54, 1.807) is 25.1 Å². The van der Waals surface area contributed by atoms with Gasteiger partial charge in [-0.1, -0.05) is 48.0 Å². The van der Waals surface area contributed by atoms with Crippen molar-refractivity contribution in [2.75, 3.05) is 17.9 Å². The molecule has 1 atom stereocenters. The number of aryl methyl sites for hydroxylation is 2. The first-order valence-electron chi connectivity index (χ1n) is 11.4. The Morgan fingerprint density at radius 2 is 1.64 bits per heavy atom. The lowest BCUT2D eigenvalue weighted by Crippen LogP contribution is -2.50.